The van der Waals surface area contributed by atoms with Crippen LogP contribution in [-0.2, 0) is 9.59 Å². The Balaban J connectivity index is 1.47. The molecule has 3 N–H and O–H groups in total. The number of aryl methyl sites for hydroxylation is 1. The van der Waals surface area contributed by atoms with Crippen LogP contribution in [0.2, 0.25) is 0 Å². The Bertz CT molecular complexity index is 1600. The van der Waals surface area contributed by atoms with Gasteiger partial charge >= 0.3 is 0 Å². The molecule has 3 amide bonds. The first-order chi connectivity index (χ1) is 20.7. The zero-order valence-corrected chi connectivity index (χ0v) is 25.2. The van der Waals surface area contributed by atoms with Crippen molar-refractivity contribution in [3.63, 3.8) is 0 Å². The van der Waals surface area contributed by atoms with Crippen LogP contribution in [0.25, 0.3) is 6.08 Å². The number of hydrogen-bond donors (Lipinski definition) is 3. The zero-order chi connectivity index (χ0) is 30.8. The number of benzene rings is 4. The van der Waals surface area contributed by atoms with Gasteiger partial charge in [-0.3, -0.25) is 14.4 Å². The van der Waals surface area contributed by atoms with Gasteiger partial charge in [-0.25, -0.2) is 0 Å². The molecule has 0 aliphatic heterocycles. The molecule has 0 radical (unpaired) electrons. The molecule has 0 aromatic heterocycles. The van der Waals surface area contributed by atoms with Gasteiger partial charge in [0.25, 0.3) is 11.8 Å². The number of carbonyl (C=O) groups is 3. The molecule has 0 spiro atoms. The van der Waals surface area contributed by atoms with Gasteiger partial charge in [-0.05, 0) is 55.8 Å². The van der Waals surface area contributed by atoms with E-state index >= 15 is 0 Å². The maximum Gasteiger partial charge on any atom is 0.272 e. The SMILES string of the molecule is COc1cc(NC(=O)C(C)Sc2cccc(NC(=O)/C(=C/c3ccc(C)cc3)NC(=O)c3ccccc3)c2)cc(OC)c1. The van der Waals surface area contributed by atoms with E-state index in [9.17, 15) is 14.4 Å². The summed E-state index contributed by atoms with van der Waals surface area (Å²) < 4.78 is 10.6. The van der Waals surface area contributed by atoms with Crippen LogP contribution in [0.4, 0.5) is 11.4 Å². The van der Waals surface area contributed by atoms with Gasteiger partial charge in [-0.1, -0.05) is 54.1 Å². The van der Waals surface area contributed by atoms with Gasteiger partial charge < -0.3 is 25.4 Å². The molecular weight excluding hydrogens is 562 g/mol. The van der Waals surface area contributed by atoms with Crippen LogP contribution in [0.3, 0.4) is 0 Å². The van der Waals surface area contributed by atoms with Gasteiger partial charge in [0.2, 0.25) is 5.91 Å². The lowest BCUT2D eigenvalue weighted by Gasteiger charge is -2.15. The summed E-state index contributed by atoms with van der Waals surface area (Å²) in [6.45, 7) is 3.77. The van der Waals surface area contributed by atoms with Crippen molar-refractivity contribution in [1.82, 2.24) is 5.32 Å². The molecular formula is C34H33N3O5S. The van der Waals surface area contributed by atoms with E-state index < -0.39 is 17.1 Å². The molecule has 0 heterocycles. The quantitative estimate of drug-likeness (QED) is 0.134. The van der Waals surface area contributed by atoms with Crippen LogP contribution in [0.5, 0.6) is 11.5 Å². The van der Waals surface area contributed by atoms with Crippen LogP contribution in [0, 0.1) is 6.92 Å². The topological polar surface area (TPSA) is 106 Å². The molecule has 4 aromatic rings. The molecule has 0 fully saturated rings. The Morgan fingerprint density at radius 1 is 0.767 bits per heavy atom. The predicted molar refractivity (Wildman–Crippen MR) is 172 cm³/mol. The Hall–Kier alpha value is -5.02. The van der Waals surface area contributed by atoms with E-state index in [2.05, 4.69) is 16.0 Å². The highest BCUT2D eigenvalue weighted by molar-refractivity contribution is 8.00. The second-order valence-electron chi connectivity index (χ2n) is 9.62. The first kappa shape index (κ1) is 30.9. The second-order valence-corrected chi connectivity index (χ2v) is 11.0. The third kappa shape index (κ3) is 8.98. The average Bonchev–Trinajstić information content (AvgIpc) is 3.02. The minimum atomic E-state index is -0.482. The molecule has 1 unspecified atom stereocenters. The Morgan fingerprint density at radius 3 is 2.09 bits per heavy atom. The summed E-state index contributed by atoms with van der Waals surface area (Å²) >= 11 is 1.34. The number of thioether (sulfide) groups is 1. The van der Waals surface area contributed by atoms with E-state index in [-0.39, 0.29) is 11.6 Å². The van der Waals surface area contributed by atoms with Crippen molar-refractivity contribution in [3.8, 4) is 11.5 Å². The summed E-state index contributed by atoms with van der Waals surface area (Å²) in [5.74, 6) is 0.0432. The van der Waals surface area contributed by atoms with Gasteiger partial charge in [0.05, 0.1) is 19.5 Å². The summed E-state index contributed by atoms with van der Waals surface area (Å²) in [5, 5.41) is 8.07. The van der Waals surface area contributed by atoms with Gasteiger partial charge in [0, 0.05) is 40.0 Å². The van der Waals surface area contributed by atoms with Crippen LogP contribution in [0.15, 0.2) is 108 Å². The lowest BCUT2D eigenvalue weighted by atomic mass is 10.1. The third-order valence-corrected chi connectivity index (χ3v) is 7.40. The highest BCUT2D eigenvalue weighted by atomic mass is 32.2. The normalized spacial score (nSPS) is 11.7. The first-order valence-corrected chi connectivity index (χ1v) is 14.4. The fourth-order valence-electron chi connectivity index (χ4n) is 4.00. The number of carbonyl (C=O) groups excluding carboxylic acids is 3. The fraction of sp³-hybridized carbons (Fsp3) is 0.147. The maximum absolute atomic E-state index is 13.4. The van der Waals surface area contributed by atoms with Crippen LogP contribution in [-0.4, -0.2) is 37.2 Å². The molecule has 8 nitrogen and oxygen atoms in total. The van der Waals surface area contributed by atoms with Gasteiger partial charge in [0.15, 0.2) is 0 Å². The summed E-state index contributed by atoms with van der Waals surface area (Å²) in [6, 6.07) is 28.7. The molecule has 0 saturated heterocycles. The monoisotopic (exact) mass is 595 g/mol. The smallest absolute Gasteiger partial charge is 0.272 e. The Morgan fingerprint density at radius 2 is 1.44 bits per heavy atom. The lowest BCUT2D eigenvalue weighted by molar-refractivity contribution is -0.115. The molecule has 43 heavy (non-hydrogen) atoms. The number of hydrogen-bond acceptors (Lipinski definition) is 6. The van der Waals surface area contributed by atoms with Crippen molar-refractivity contribution in [3.05, 3.63) is 119 Å². The minimum Gasteiger partial charge on any atom is -0.497 e. The molecule has 0 aliphatic rings. The number of amides is 3. The van der Waals surface area contributed by atoms with Gasteiger partial charge in [-0.15, -0.1) is 11.8 Å². The summed E-state index contributed by atoms with van der Waals surface area (Å²) in [7, 11) is 3.09. The molecule has 0 saturated carbocycles. The highest BCUT2D eigenvalue weighted by Gasteiger charge is 2.18. The molecule has 0 aliphatic carbocycles. The number of ether oxygens (including phenoxy) is 2. The van der Waals surface area contributed by atoms with Crippen LogP contribution in [0.1, 0.15) is 28.4 Å². The van der Waals surface area contributed by atoms with E-state index in [1.807, 2.05) is 43.3 Å². The maximum atomic E-state index is 13.4. The third-order valence-electron chi connectivity index (χ3n) is 6.31. The first-order valence-electron chi connectivity index (χ1n) is 13.5. The number of anilines is 2. The largest absolute Gasteiger partial charge is 0.497 e. The van der Waals surface area contributed by atoms with Crippen molar-refractivity contribution in [2.45, 2.75) is 24.0 Å². The summed E-state index contributed by atoms with van der Waals surface area (Å²) in [6.07, 6.45) is 1.63. The second kappa shape index (κ2) is 14.7. The molecule has 0 bridgehead atoms. The van der Waals surface area contributed by atoms with Crippen molar-refractivity contribution >= 4 is 46.9 Å². The summed E-state index contributed by atoms with van der Waals surface area (Å²) in [4.78, 5) is 40.1. The van der Waals surface area contributed by atoms with Crippen molar-refractivity contribution < 1.29 is 23.9 Å². The molecule has 1 atom stereocenters. The van der Waals surface area contributed by atoms with E-state index in [1.165, 1.54) is 11.8 Å². The molecule has 220 valence electrons. The average molecular weight is 596 g/mol. The van der Waals surface area contributed by atoms with E-state index in [1.54, 1.807) is 87.9 Å². The Labute approximate surface area is 255 Å². The molecule has 4 rings (SSSR count). The molecule has 4 aromatic carbocycles. The van der Waals surface area contributed by atoms with E-state index in [0.717, 1.165) is 16.0 Å². The zero-order valence-electron chi connectivity index (χ0n) is 24.3. The highest BCUT2D eigenvalue weighted by Crippen LogP contribution is 2.29. The summed E-state index contributed by atoms with van der Waals surface area (Å²) in [5.41, 5.74) is 3.45. The molecule has 9 heteroatoms. The van der Waals surface area contributed by atoms with E-state index in [0.29, 0.717) is 28.4 Å². The predicted octanol–water partition coefficient (Wildman–Crippen LogP) is 6.54. The van der Waals surface area contributed by atoms with Crippen molar-refractivity contribution in [2.24, 2.45) is 0 Å². The fourth-order valence-corrected chi connectivity index (χ4v) is 4.92. The number of methoxy groups -OCH3 is 2. The minimum absolute atomic E-state index is 0.0947. The Kier molecular flexibility index (Phi) is 10.6. The number of nitrogens with one attached hydrogen (secondary N) is 3. The van der Waals surface area contributed by atoms with Gasteiger partial charge in [0.1, 0.15) is 17.2 Å². The van der Waals surface area contributed by atoms with E-state index in [4.69, 9.17) is 9.47 Å². The van der Waals surface area contributed by atoms with Gasteiger partial charge in [-0.2, -0.15) is 0 Å². The van der Waals surface area contributed by atoms with Crippen LogP contribution >= 0.6 is 11.8 Å². The number of rotatable bonds is 11. The van der Waals surface area contributed by atoms with Crippen molar-refractivity contribution in [2.75, 3.05) is 24.9 Å². The lowest BCUT2D eigenvalue weighted by Crippen LogP contribution is -2.30. The van der Waals surface area contributed by atoms with Crippen molar-refractivity contribution in [1.29, 1.82) is 0 Å². The standard InChI is InChI=1S/C34H33N3O5S/c1-22-13-15-24(16-14-22)17-31(37-33(39)25-9-6-5-7-10-25)34(40)35-26-11-8-12-30(20-26)43-23(2)32(38)36-27-18-28(41-3)21-29(19-27)42-4/h5-21,23H,1-4H3,(H,35,40)(H,36,38)(H,37,39)/b31-17-. The van der Waals surface area contributed by atoms with Crippen LogP contribution < -0.4 is 25.4 Å².